The maximum atomic E-state index is 12.2. The van der Waals surface area contributed by atoms with Gasteiger partial charge in [-0.3, -0.25) is 9.71 Å². The third-order valence-corrected chi connectivity index (χ3v) is 4.01. The highest BCUT2D eigenvalue weighted by atomic mass is 35.5. The Morgan fingerprint density at radius 2 is 2.00 bits per heavy atom. The maximum Gasteiger partial charge on any atom is 0.264 e. The number of hydrogen-bond acceptors (Lipinski definition) is 5. The van der Waals surface area contributed by atoms with E-state index in [0.29, 0.717) is 0 Å². The molecule has 0 atom stereocenters. The van der Waals surface area contributed by atoms with E-state index < -0.39 is 10.0 Å². The van der Waals surface area contributed by atoms with E-state index in [1.165, 1.54) is 30.6 Å². The van der Waals surface area contributed by atoms with Crippen LogP contribution in [0.3, 0.4) is 0 Å². The Kier molecular flexibility index (Phi) is 4.09. The third kappa shape index (κ3) is 3.17. The van der Waals surface area contributed by atoms with Crippen LogP contribution in [0.25, 0.3) is 0 Å². The number of sulfonamides is 1. The summed E-state index contributed by atoms with van der Waals surface area (Å²) < 4.78 is 26.6. The van der Waals surface area contributed by atoms with E-state index in [2.05, 4.69) is 14.7 Å². The van der Waals surface area contributed by atoms with Crippen molar-refractivity contribution in [3.8, 4) is 6.07 Å². The summed E-state index contributed by atoms with van der Waals surface area (Å²) in [6.45, 7) is 0. The van der Waals surface area contributed by atoms with Crippen LogP contribution in [-0.2, 0) is 10.0 Å². The fourth-order valence-corrected chi connectivity index (χ4v) is 2.95. The predicted molar refractivity (Wildman–Crippen MR) is 74.0 cm³/mol. The van der Waals surface area contributed by atoms with Crippen LogP contribution in [0.2, 0.25) is 10.2 Å². The van der Waals surface area contributed by atoms with Gasteiger partial charge in [0.15, 0.2) is 5.82 Å². The number of nitriles is 1. The zero-order valence-electron chi connectivity index (χ0n) is 9.71. The Hall–Kier alpha value is -1.88. The number of anilines is 1. The number of benzene rings is 1. The molecule has 9 heteroatoms. The van der Waals surface area contributed by atoms with Gasteiger partial charge in [0.05, 0.1) is 18.0 Å². The summed E-state index contributed by atoms with van der Waals surface area (Å²) in [5, 5.41) is 9.18. The van der Waals surface area contributed by atoms with E-state index in [-0.39, 0.29) is 26.5 Å². The molecule has 0 bridgehead atoms. The summed E-state index contributed by atoms with van der Waals surface area (Å²) in [7, 11) is -4.01. The number of halogens is 2. The van der Waals surface area contributed by atoms with Gasteiger partial charge in [0.25, 0.3) is 10.0 Å². The van der Waals surface area contributed by atoms with Gasteiger partial charge in [-0.05, 0) is 18.2 Å². The molecule has 0 amide bonds. The number of hydrogen-bond donors (Lipinski definition) is 1. The fourth-order valence-electron chi connectivity index (χ4n) is 1.39. The lowest BCUT2D eigenvalue weighted by atomic mass is 10.2. The van der Waals surface area contributed by atoms with Gasteiger partial charge in [-0.15, -0.1) is 0 Å². The lowest BCUT2D eigenvalue weighted by molar-refractivity contribution is 0.600. The molecule has 0 aliphatic carbocycles. The van der Waals surface area contributed by atoms with Crippen molar-refractivity contribution in [2.75, 3.05) is 4.72 Å². The predicted octanol–water partition coefficient (Wildman–Crippen LogP) is 2.46. The van der Waals surface area contributed by atoms with E-state index in [1.54, 1.807) is 6.07 Å². The first kappa shape index (κ1) is 14.5. The second kappa shape index (κ2) is 5.63. The molecule has 0 spiro atoms. The lowest BCUT2D eigenvalue weighted by Crippen LogP contribution is -2.15. The number of aromatic nitrogens is 2. The molecule has 1 N–H and O–H groups in total. The summed E-state index contributed by atoms with van der Waals surface area (Å²) in [6.07, 6.45) is 2.46. The standard InChI is InChI=1S/C11H6Cl2N4O2S/c12-8-2-1-7(4-14)9(3-8)20(18,19)17-11-6-15-5-10(13)16-11/h1-3,5-6H,(H,16,17). The van der Waals surface area contributed by atoms with Gasteiger partial charge in [0.1, 0.15) is 16.1 Å². The van der Waals surface area contributed by atoms with Crippen LogP contribution in [0, 0.1) is 11.3 Å². The largest absolute Gasteiger partial charge is 0.264 e. The Labute approximate surface area is 125 Å². The summed E-state index contributed by atoms with van der Waals surface area (Å²) in [6, 6.07) is 5.72. The van der Waals surface area contributed by atoms with Crippen molar-refractivity contribution in [3.63, 3.8) is 0 Å². The molecule has 0 fully saturated rings. The highest BCUT2D eigenvalue weighted by Gasteiger charge is 2.20. The van der Waals surface area contributed by atoms with Crippen LogP contribution in [0.15, 0.2) is 35.5 Å². The second-order valence-corrected chi connectivity index (χ2v) is 6.06. The normalized spacial score (nSPS) is 10.8. The summed E-state index contributed by atoms with van der Waals surface area (Å²) >= 11 is 11.4. The van der Waals surface area contributed by atoms with E-state index in [4.69, 9.17) is 28.5 Å². The van der Waals surface area contributed by atoms with Gasteiger partial charge in [-0.1, -0.05) is 23.2 Å². The molecule has 20 heavy (non-hydrogen) atoms. The topological polar surface area (TPSA) is 95.7 Å². The lowest BCUT2D eigenvalue weighted by Gasteiger charge is -2.08. The average Bonchev–Trinajstić information content (AvgIpc) is 2.38. The highest BCUT2D eigenvalue weighted by molar-refractivity contribution is 7.92. The molecular formula is C11H6Cl2N4O2S. The minimum atomic E-state index is -4.01. The van der Waals surface area contributed by atoms with Gasteiger partial charge in [0.2, 0.25) is 0 Å². The number of nitrogens with zero attached hydrogens (tertiary/aromatic N) is 3. The molecule has 0 aliphatic heterocycles. The van der Waals surface area contributed by atoms with Gasteiger partial charge >= 0.3 is 0 Å². The molecule has 0 radical (unpaired) electrons. The van der Waals surface area contributed by atoms with Crippen molar-refractivity contribution in [2.45, 2.75) is 4.90 Å². The molecule has 1 heterocycles. The van der Waals surface area contributed by atoms with Crippen LogP contribution in [0.4, 0.5) is 5.82 Å². The molecule has 102 valence electrons. The summed E-state index contributed by atoms with van der Waals surface area (Å²) in [4.78, 5) is 7.23. The number of nitrogens with one attached hydrogen (secondary N) is 1. The van der Waals surface area contributed by atoms with Crippen LogP contribution < -0.4 is 4.72 Å². The van der Waals surface area contributed by atoms with Gasteiger partial charge in [-0.2, -0.15) is 5.26 Å². The van der Waals surface area contributed by atoms with Gasteiger partial charge in [0, 0.05) is 5.02 Å². The zero-order chi connectivity index (χ0) is 14.8. The zero-order valence-corrected chi connectivity index (χ0v) is 12.0. The van der Waals surface area contributed by atoms with Crippen molar-refractivity contribution in [3.05, 3.63) is 46.3 Å². The molecule has 0 aliphatic rings. The first-order valence-electron chi connectivity index (χ1n) is 5.12. The number of rotatable bonds is 3. The molecule has 0 saturated heterocycles. The van der Waals surface area contributed by atoms with E-state index in [1.807, 2.05) is 0 Å². The van der Waals surface area contributed by atoms with Crippen LogP contribution in [0.5, 0.6) is 0 Å². The molecule has 1 aromatic carbocycles. The second-order valence-electron chi connectivity index (χ2n) is 3.58. The van der Waals surface area contributed by atoms with Crippen LogP contribution in [-0.4, -0.2) is 18.4 Å². The molecule has 0 unspecified atom stereocenters. The van der Waals surface area contributed by atoms with Crippen molar-refractivity contribution in [1.29, 1.82) is 5.26 Å². The third-order valence-electron chi connectivity index (χ3n) is 2.20. The van der Waals surface area contributed by atoms with E-state index >= 15 is 0 Å². The van der Waals surface area contributed by atoms with Gasteiger partial charge < -0.3 is 0 Å². The average molecular weight is 329 g/mol. The molecular weight excluding hydrogens is 323 g/mol. The summed E-state index contributed by atoms with van der Waals surface area (Å²) in [5.41, 5.74) is -0.0307. The fraction of sp³-hybridized carbons (Fsp3) is 0. The SMILES string of the molecule is N#Cc1ccc(Cl)cc1S(=O)(=O)Nc1cncc(Cl)n1. The highest BCUT2D eigenvalue weighted by Crippen LogP contribution is 2.22. The molecule has 2 rings (SSSR count). The van der Waals surface area contributed by atoms with Gasteiger partial charge in [-0.25, -0.2) is 13.4 Å². The van der Waals surface area contributed by atoms with Crippen molar-refractivity contribution >= 4 is 39.0 Å². The smallest absolute Gasteiger partial charge is 0.262 e. The minimum absolute atomic E-state index is 0.0307. The monoisotopic (exact) mass is 328 g/mol. The molecule has 1 aromatic heterocycles. The Morgan fingerprint density at radius 1 is 1.25 bits per heavy atom. The van der Waals surface area contributed by atoms with E-state index in [0.717, 1.165) is 0 Å². The van der Waals surface area contributed by atoms with E-state index in [9.17, 15) is 8.42 Å². The Balaban J connectivity index is 2.46. The maximum absolute atomic E-state index is 12.2. The minimum Gasteiger partial charge on any atom is -0.262 e. The van der Waals surface area contributed by atoms with Crippen molar-refractivity contribution in [2.24, 2.45) is 0 Å². The molecule has 2 aromatic rings. The first-order chi connectivity index (χ1) is 9.42. The van der Waals surface area contributed by atoms with Crippen LogP contribution in [0.1, 0.15) is 5.56 Å². The molecule has 0 saturated carbocycles. The van der Waals surface area contributed by atoms with Crippen molar-refractivity contribution < 1.29 is 8.42 Å². The Bertz CT molecular complexity index is 802. The summed E-state index contributed by atoms with van der Waals surface area (Å²) in [5.74, 6) is -0.0543. The van der Waals surface area contributed by atoms with Crippen LogP contribution >= 0.6 is 23.2 Å². The quantitative estimate of drug-likeness (QED) is 0.933. The first-order valence-corrected chi connectivity index (χ1v) is 7.36. The van der Waals surface area contributed by atoms with Crippen molar-refractivity contribution in [1.82, 2.24) is 9.97 Å². The molecule has 6 nitrogen and oxygen atoms in total. The Morgan fingerprint density at radius 3 is 2.65 bits per heavy atom.